The first kappa shape index (κ1) is 14.6. The molecule has 1 saturated carbocycles. The lowest BCUT2D eigenvalue weighted by Gasteiger charge is -2.13. The number of hydrogen-bond donors (Lipinski definition) is 1. The second-order valence-electron chi connectivity index (χ2n) is 5.70. The van der Waals surface area contributed by atoms with Crippen LogP contribution in [0.15, 0.2) is 24.3 Å². The van der Waals surface area contributed by atoms with E-state index >= 15 is 0 Å². The van der Waals surface area contributed by atoms with Gasteiger partial charge in [0.2, 0.25) is 11.9 Å². The predicted octanol–water partition coefficient (Wildman–Crippen LogP) is 2.44. The fourth-order valence-electron chi connectivity index (χ4n) is 2.43. The maximum Gasteiger partial charge on any atom is 0.233 e. The normalized spacial score (nSPS) is 15.4. The Hall–Kier alpha value is -2.37. The number of nitrogens with one attached hydrogen (secondary N) is 1. The van der Waals surface area contributed by atoms with Gasteiger partial charge in [0.15, 0.2) is 0 Å². The Kier molecular flexibility index (Phi) is 3.83. The van der Waals surface area contributed by atoms with Gasteiger partial charge in [-0.2, -0.15) is 0 Å². The number of hydrogen-bond acceptors (Lipinski definition) is 4. The van der Waals surface area contributed by atoms with Crippen LogP contribution in [0.2, 0.25) is 0 Å². The number of carbonyl (C=O) groups is 1. The van der Waals surface area contributed by atoms with E-state index in [1.165, 1.54) is 0 Å². The minimum Gasteiger partial charge on any atom is -0.497 e. The second-order valence-corrected chi connectivity index (χ2v) is 5.70. The number of anilines is 1. The first-order chi connectivity index (χ1) is 10.6. The molecule has 0 bridgehead atoms. The van der Waals surface area contributed by atoms with Gasteiger partial charge in [0.25, 0.3) is 0 Å². The van der Waals surface area contributed by atoms with Gasteiger partial charge in [-0.25, -0.2) is 0 Å². The molecule has 1 aliphatic carbocycles. The fraction of sp³-hybridized carbons (Fsp3) is 0.438. The second kappa shape index (κ2) is 5.79. The standard InChI is InChI=1S/C16H20N4O2/c1-10(12-5-4-6-13(9-12)22-3)15(21)17-16-19-18-14(20(16)2)11-7-8-11/h4-6,9-11H,7-8H2,1-3H3,(H,17,19,21). The van der Waals surface area contributed by atoms with Gasteiger partial charge < -0.3 is 9.30 Å². The van der Waals surface area contributed by atoms with E-state index in [-0.39, 0.29) is 11.8 Å². The lowest BCUT2D eigenvalue weighted by atomic mass is 10.0. The van der Waals surface area contributed by atoms with Crippen LogP contribution in [0.4, 0.5) is 5.95 Å². The van der Waals surface area contributed by atoms with Crippen molar-refractivity contribution in [3.8, 4) is 5.75 Å². The van der Waals surface area contributed by atoms with Gasteiger partial charge in [-0.15, -0.1) is 10.2 Å². The van der Waals surface area contributed by atoms with Crippen molar-refractivity contribution in [3.05, 3.63) is 35.7 Å². The summed E-state index contributed by atoms with van der Waals surface area (Å²) in [4.78, 5) is 12.4. The minimum absolute atomic E-state index is 0.105. The lowest BCUT2D eigenvalue weighted by molar-refractivity contribution is -0.117. The summed E-state index contributed by atoms with van der Waals surface area (Å²) in [7, 11) is 3.50. The van der Waals surface area contributed by atoms with E-state index < -0.39 is 0 Å². The Labute approximate surface area is 129 Å². The van der Waals surface area contributed by atoms with Gasteiger partial charge in [-0.05, 0) is 37.5 Å². The van der Waals surface area contributed by atoms with E-state index in [1.54, 1.807) is 7.11 Å². The number of benzene rings is 1. The Morgan fingerprint density at radius 3 is 2.86 bits per heavy atom. The number of aromatic nitrogens is 3. The first-order valence-electron chi connectivity index (χ1n) is 7.44. The smallest absolute Gasteiger partial charge is 0.233 e. The number of methoxy groups -OCH3 is 1. The average Bonchev–Trinajstić information content (AvgIpc) is 3.32. The maximum absolute atomic E-state index is 12.4. The van der Waals surface area contributed by atoms with Gasteiger partial charge in [-0.1, -0.05) is 12.1 Å². The van der Waals surface area contributed by atoms with E-state index in [2.05, 4.69) is 15.5 Å². The molecule has 0 saturated heterocycles. The molecule has 1 amide bonds. The molecular weight excluding hydrogens is 280 g/mol. The Morgan fingerprint density at radius 2 is 2.18 bits per heavy atom. The van der Waals surface area contributed by atoms with Gasteiger partial charge in [0.1, 0.15) is 11.6 Å². The van der Waals surface area contributed by atoms with Crippen LogP contribution in [0.1, 0.15) is 43.0 Å². The molecule has 1 aromatic carbocycles. The van der Waals surface area contributed by atoms with Crippen LogP contribution >= 0.6 is 0 Å². The van der Waals surface area contributed by atoms with E-state index in [0.717, 1.165) is 30.0 Å². The third-order valence-corrected chi connectivity index (χ3v) is 4.07. The lowest BCUT2D eigenvalue weighted by Crippen LogP contribution is -2.21. The van der Waals surface area contributed by atoms with Crippen LogP contribution in [0.3, 0.4) is 0 Å². The van der Waals surface area contributed by atoms with Gasteiger partial charge >= 0.3 is 0 Å². The van der Waals surface area contributed by atoms with E-state index in [1.807, 2.05) is 42.8 Å². The highest BCUT2D eigenvalue weighted by molar-refractivity contribution is 5.94. The quantitative estimate of drug-likeness (QED) is 0.921. The van der Waals surface area contributed by atoms with Gasteiger partial charge in [0.05, 0.1) is 13.0 Å². The summed E-state index contributed by atoms with van der Waals surface area (Å²) >= 11 is 0. The maximum atomic E-state index is 12.4. The van der Waals surface area contributed by atoms with Crippen molar-refractivity contribution in [1.29, 1.82) is 0 Å². The van der Waals surface area contributed by atoms with Crippen molar-refractivity contribution in [2.45, 2.75) is 31.6 Å². The molecule has 6 heteroatoms. The molecule has 0 radical (unpaired) electrons. The first-order valence-corrected chi connectivity index (χ1v) is 7.44. The van der Waals surface area contributed by atoms with E-state index in [0.29, 0.717) is 11.9 Å². The summed E-state index contributed by atoms with van der Waals surface area (Å²) in [6, 6.07) is 7.53. The summed E-state index contributed by atoms with van der Waals surface area (Å²) in [6.45, 7) is 1.86. The zero-order valence-electron chi connectivity index (χ0n) is 13.0. The number of nitrogens with zero attached hydrogens (tertiary/aromatic N) is 3. The van der Waals surface area contributed by atoms with Crippen LogP contribution < -0.4 is 10.1 Å². The third-order valence-electron chi connectivity index (χ3n) is 4.07. The van der Waals surface area contributed by atoms with Gasteiger partial charge in [0, 0.05) is 13.0 Å². The topological polar surface area (TPSA) is 69.0 Å². The predicted molar refractivity (Wildman–Crippen MR) is 83.0 cm³/mol. The molecule has 6 nitrogen and oxygen atoms in total. The van der Waals surface area contributed by atoms with Crippen LogP contribution in [0, 0.1) is 0 Å². The molecule has 2 aromatic rings. The molecule has 1 aliphatic rings. The van der Waals surface area contributed by atoms with Gasteiger partial charge in [-0.3, -0.25) is 10.1 Å². The monoisotopic (exact) mass is 300 g/mol. The Bertz CT molecular complexity index is 691. The number of rotatable bonds is 5. The fourth-order valence-corrected chi connectivity index (χ4v) is 2.43. The van der Waals surface area contributed by atoms with E-state index in [4.69, 9.17) is 4.74 Å². The molecule has 22 heavy (non-hydrogen) atoms. The highest BCUT2D eigenvalue weighted by Gasteiger charge is 2.29. The Balaban J connectivity index is 1.73. The minimum atomic E-state index is -0.295. The van der Waals surface area contributed by atoms with Crippen molar-refractivity contribution in [1.82, 2.24) is 14.8 Å². The summed E-state index contributed by atoms with van der Waals surface area (Å²) in [5.74, 6) is 2.29. The molecule has 1 unspecified atom stereocenters. The van der Waals surface area contributed by atoms with Crippen molar-refractivity contribution < 1.29 is 9.53 Å². The number of amides is 1. The van der Waals surface area contributed by atoms with Crippen molar-refractivity contribution in [2.24, 2.45) is 7.05 Å². The summed E-state index contributed by atoms with van der Waals surface area (Å²) in [5.41, 5.74) is 0.904. The largest absolute Gasteiger partial charge is 0.497 e. The number of ether oxygens (including phenoxy) is 1. The van der Waals surface area contributed by atoms with E-state index in [9.17, 15) is 4.79 Å². The third kappa shape index (κ3) is 2.81. The molecule has 0 aliphatic heterocycles. The van der Waals surface area contributed by atoms with Crippen LogP contribution in [-0.4, -0.2) is 27.8 Å². The van der Waals surface area contributed by atoms with Crippen molar-refractivity contribution in [2.75, 3.05) is 12.4 Å². The molecule has 1 aromatic heterocycles. The molecule has 1 N–H and O–H groups in total. The molecule has 0 spiro atoms. The zero-order chi connectivity index (χ0) is 15.7. The number of carbonyl (C=O) groups excluding carboxylic acids is 1. The highest BCUT2D eigenvalue weighted by atomic mass is 16.5. The molecule has 1 fully saturated rings. The summed E-state index contributed by atoms with van der Waals surface area (Å²) in [5, 5.41) is 11.1. The Morgan fingerprint density at radius 1 is 1.41 bits per heavy atom. The molecule has 1 atom stereocenters. The zero-order valence-corrected chi connectivity index (χ0v) is 13.0. The van der Waals surface area contributed by atoms with Crippen molar-refractivity contribution in [3.63, 3.8) is 0 Å². The summed E-state index contributed by atoms with van der Waals surface area (Å²) in [6.07, 6.45) is 2.31. The molecule has 116 valence electrons. The van der Waals surface area contributed by atoms with Crippen LogP contribution in [0.25, 0.3) is 0 Å². The SMILES string of the molecule is COc1cccc(C(C)C(=O)Nc2nnc(C3CC3)n2C)c1. The van der Waals surface area contributed by atoms with Crippen molar-refractivity contribution >= 4 is 11.9 Å². The molecular formula is C16H20N4O2. The summed E-state index contributed by atoms with van der Waals surface area (Å²) < 4.78 is 7.07. The average molecular weight is 300 g/mol. The molecule has 3 rings (SSSR count). The molecule has 1 heterocycles. The highest BCUT2D eigenvalue weighted by Crippen LogP contribution is 2.39. The van der Waals surface area contributed by atoms with Crippen LogP contribution in [-0.2, 0) is 11.8 Å². The van der Waals surface area contributed by atoms with Crippen LogP contribution in [0.5, 0.6) is 5.75 Å².